The highest BCUT2D eigenvalue weighted by atomic mass is 79.9. The number of nitrogens with one attached hydrogen (secondary N) is 2. The number of nitrogens with zero attached hydrogens (tertiary/aromatic N) is 1. The predicted octanol–water partition coefficient (Wildman–Crippen LogP) is 6.35. The first-order valence-electron chi connectivity index (χ1n) is 15.2. The number of benzene rings is 4. The van der Waals surface area contributed by atoms with Crippen molar-refractivity contribution in [2.24, 2.45) is 4.99 Å². The van der Waals surface area contributed by atoms with Crippen molar-refractivity contribution in [1.82, 2.24) is 10.9 Å². The smallest absolute Gasteiger partial charge is 0.266 e. The Morgan fingerprint density at radius 3 is 2.36 bits per heavy atom. The van der Waals surface area contributed by atoms with Crippen LogP contribution in [0.4, 0.5) is 0 Å². The summed E-state index contributed by atoms with van der Waals surface area (Å²) in [5.74, 6) is 2.00. The number of aliphatic hydroxyl groups excluding tert-OH is 1. The molecule has 0 saturated carbocycles. The largest absolute Gasteiger partial charge is 0.494 e. The van der Waals surface area contributed by atoms with Crippen LogP contribution < -0.4 is 25.1 Å². The first kappa shape index (κ1) is 34.4. The fraction of sp³-hybridized carbons (Fsp3) is 0.278. The molecule has 0 aliphatic carbocycles. The lowest BCUT2D eigenvalue weighted by atomic mass is 9.82. The van der Waals surface area contributed by atoms with Crippen LogP contribution in [0.2, 0.25) is 0 Å². The van der Waals surface area contributed by atoms with Crippen molar-refractivity contribution in [3.05, 3.63) is 122 Å². The highest BCUT2D eigenvalue weighted by Crippen LogP contribution is 2.44. The second-order valence-electron chi connectivity index (χ2n) is 10.9. The van der Waals surface area contributed by atoms with E-state index in [0.29, 0.717) is 54.7 Å². The number of rotatable bonds is 15. The Labute approximate surface area is 291 Å². The van der Waals surface area contributed by atoms with E-state index >= 15 is 0 Å². The van der Waals surface area contributed by atoms with E-state index in [-0.39, 0.29) is 18.9 Å². The van der Waals surface area contributed by atoms with Crippen LogP contribution in [0.1, 0.15) is 34.8 Å². The van der Waals surface area contributed by atoms with E-state index in [1.165, 1.54) is 0 Å². The number of carbonyl (C=O) groups excluding carboxylic acids is 1. The number of hydrazine groups is 1. The molecule has 1 heterocycles. The molecule has 0 fully saturated rings. The fourth-order valence-corrected chi connectivity index (χ4v) is 6.11. The molecule has 0 saturated heterocycles. The molecular formula is C36H37Br2N3O6. The van der Waals surface area contributed by atoms with Crippen LogP contribution in [0, 0.1) is 0 Å². The number of halogens is 2. The Morgan fingerprint density at radius 2 is 1.66 bits per heavy atom. The van der Waals surface area contributed by atoms with Gasteiger partial charge in [0.15, 0.2) is 23.1 Å². The van der Waals surface area contributed by atoms with Gasteiger partial charge >= 0.3 is 0 Å². The van der Waals surface area contributed by atoms with Gasteiger partial charge in [-0.25, -0.2) is 10.4 Å². The number of methoxy groups -OCH3 is 2. The number of hydrogen-bond donors (Lipinski definition) is 3. The minimum Gasteiger partial charge on any atom is -0.494 e. The molecule has 47 heavy (non-hydrogen) atoms. The molecule has 9 nitrogen and oxygen atoms in total. The van der Waals surface area contributed by atoms with Crippen LogP contribution in [0.15, 0.2) is 105 Å². The Kier molecular flexibility index (Phi) is 11.9. The zero-order valence-electron chi connectivity index (χ0n) is 26.2. The number of aliphatic imine (C=N–C) groups is 1. The van der Waals surface area contributed by atoms with E-state index in [4.69, 9.17) is 29.0 Å². The van der Waals surface area contributed by atoms with Crippen LogP contribution in [-0.4, -0.2) is 56.4 Å². The average molecular weight is 768 g/mol. The molecule has 1 aliphatic rings. The summed E-state index contributed by atoms with van der Waals surface area (Å²) in [4.78, 5) is 19.5. The van der Waals surface area contributed by atoms with Gasteiger partial charge in [-0.05, 0) is 72.1 Å². The number of hydrogen-bond acceptors (Lipinski definition) is 8. The van der Waals surface area contributed by atoms with Gasteiger partial charge in [-0.2, -0.15) is 0 Å². The van der Waals surface area contributed by atoms with Gasteiger partial charge in [-0.3, -0.25) is 10.2 Å². The first-order valence-corrected chi connectivity index (χ1v) is 16.8. The predicted molar refractivity (Wildman–Crippen MR) is 188 cm³/mol. The topological polar surface area (TPSA) is 111 Å². The van der Waals surface area contributed by atoms with Gasteiger partial charge in [-0.1, -0.05) is 68.3 Å². The molecule has 1 amide bonds. The maximum atomic E-state index is 14.4. The molecule has 0 bridgehead atoms. The van der Waals surface area contributed by atoms with Crippen molar-refractivity contribution in [2.75, 3.05) is 34.0 Å². The van der Waals surface area contributed by atoms with Gasteiger partial charge in [0.1, 0.15) is 5.75 Å². The molecular weight excluding hydrogens is 730 g/mol. The summed E-state index contributed by atoms with van der Waals surface area (Å²) in [5, 5.41) is 9.08. The summed E-state index contributed by atoms with van der Waals surface area (Å²) in [7, 11) is 3.21. The molecule has 0 aromatic heterocycles. The van der Waals surface area contributed by atoms with E-state index in [9.17, 15) is 4.79 Å². The molecule has 246 valence electrons. The normalized spacial score (nSPS) is 17.0. The lowest BCUT2D eigenvalue weighted by Crippen LogP contribution is -2.54. The number of aliphatic hydroxyl groups is 1. The molecule has 2 atom stereocenters. The summed E-state index contributed by atoms with van der Waals surface area (Å²) >= 11 is 7.21. The zero-order chi connectivity index (χ0) is 33.2. The Balaban J connectivity index is 1.45. The quantitative estimate of drug-likeness (QED) is 0.0956. The average Bonchev–Trinajstić information content (AvgIpc) is 3.48. The van der Waals surface area contributed by atoms with E-state index in [0.717, 1.165) is 25.6 Å². The maximum absolute atomic E-state index is 14.4. The second-order valence-corrected chi connectivity index (χ2v) is 12.7. The number of ether oxygens (including phenoxy) is 4. The highest BCUT2D eigenvalue weighted by molar-refractivity contribution is 9.10. The molecule has 5 rings (SSSR count). The number of amides is 1. The fourth-order valence-electron chi connectivity index (χ4n) is 5.35. The molecule has 3 N–H and O–H groups in total. The molecule has 4 aromatic rings. The van der Waals surface area contributed by atoms with Crippen LogP contribution in [-0.2, 0) is 22.4 Å². The third-order valence-electron chi connectivity index (χ3n) is 7.79. The third-order valence-corrected chi connectivity index (χ3v) is 9.04. The van der Waals surface area contributed by atoms with Gasteiger partial charge in [0.05, 0.1) is 20.8 Å². The maximum Gasteiger partial charge on any atom is 0.266 e. The summed E-state index contributed by atoms with van der Waals surface area (Å²) < 4.78 is 24.9. The van der Waals surface area contributed by atoms with E-state index < -0.39 is 11.6 Å². The molecule has 0 spiro atoms. The molecule has 11 heteroatoms. The van der Waals surface area contributed by atoms with Crippen molar-refractivity contribution in [3.8, 4) is 17.2 Å². The lowest BCUT2D eigenvalue weighted by Gasteiger charge is -2.31. The van der Waals surface area contributed by atoms with Crippen LogP contribution in [0.3, 0.4) is 0 Å². The standard InChI is InChI=1S/C36H37Br2N3O6/c1-44-31-17-10-24(22-32(31)45-2)18-19-39-41-35(43)36(23-25-8-13-27(37)14-9-25)33(29-6-3-4-7-30(29)38)47-34(40-36)26-11-15-28(16-12-26)46-21-5-20-42/h3-4,6-17,22,33,39,42H,5,18-21,23H2,1-2H3,(H,41,43)/t33-,36-/m0/s1. The van der Waals surface area contributed by atoms with E-state index in [1.807, 2.05) is 91.0 Å². The monoisotopic (exact) mass is 765 g/mol. The summed E-state index contributed by atoms with van der Waals surface area (Å²) in [6, 6.07) is 28.7. The molecule has 1 aliphatic heterocycles. The molecule has 0 unspecified atom stereocenters. The zero-order valence-corrected chi connectivity index (χ0v) is 29.3. The minimum atomic E-state index is -1.36. The van der Waals surface area contributed by atoms with Gasteiger partial charge < -0.3 is 24.1 Å². The summed E-state index contributed by atoms with van der Waals surface area (Å²) in [6.45, 7) is 0.935. The summed E-state index contributed by atoms with van der Waals surface area (Å²) in [5.41, 5.74) is 8.16. The minimum absolute atomic E-state index is 0.0623. The van der Waals surface area contributed by atoms with Crippen LogP contribution in [0.25, 0.3) is 0 Å². The van der Waals surface area contributed by atoms with Crippen molar-refractivity contribution in [2.45, 2.75) is 30.9 Å². The van der Waals surface area contributed by atoms with Crippen molar-refractivity contribution in [3.63, 3.8) is 0 Å². The van der Waals surface area contributed by atoms with E-state index in [1.54, 1.807) is 14.2 Å². The highest BCUT2D eigenvalue weighted by Gasteiger charge is 2.54. The van der Waals surface area contributed by atoms with Crippen LogP contribution >= 0.6 is 31.9 Å². The van der Waals surface area contributed by atoms with E-state index in [2.05, 4.69) is 42.7 Å². The van der Waals surface area contributed by atoms with Crippen LogP contribution in [0.5, 0.6) is 17.2 Å². The number of carbonyl (C=O) groups is 1. The van der Waals surface area contributed by atoms with Gasteiger partial charge in [-0.15, -0.1) is 0 Å². The van der Waals surface area contributed by atoms with Gasteiger partial charge in [0, 0.05) is 46.1 Å². The third kappa shape index (κ3) is 8.34. The second kappa shape index (κ2) is 16.3. The molecule has 4 aromatic carbocycles. The Morgan fingerprint density at radius 1 is 0.936 bits per heavy atom. The van der Waals surface area contributed by atoms with Crippen molar-refractivity contribution < 1.29 is 28.8 Å². The lowest BCUT2D eigenvalue weighted by molar-refractivity contribution is -0.130. The van der Waals surface area contributed by atoms with Gasteiger partial charge in [0.25, 0.3) is 5.91 Å². The summed E-state index contributed by atoms with van der Waals surface area (Å²) in [6.07, 6.45) is 0.707. The SMILES string of the molecule is COc1ccc(CCNNC(=O)[C@@]2(Cc3ccc(Br)cc3)N=C(c3ccc(OCCCO)cc3)O[C@H]2c2ccccc2Br)cc1OC. The van der Waals surface area contributed by atoms with Gasteiger partial charge in [0.2, 0.25) is 5.90 Å². The Bertz CT molecular complexity index is 1680. The van der Waals surface area contributed by atoms with Crippen molar-refractivity contribution in [1.29, 1.82) is 0 Å². The first-order chi connectivity index (χ1) is 22.9. The van der Waals surface area contributed by atoms with Crippen molar-refractivity contribution >= 4 is 43.7 Å². The Hall–Kier alpha value is -3.90. The molecule has 0 radical (unpaired) electrons.